The Morgan fingerprint density at radius 3 is 1.52 bits per heavy atom. The van der Waals surface area contributed by atoms with Gasteiger partial charge in [-0.1, -0.05) is 114 Å². The first kappa shape index (κ1) is 25.4. The number of carboxylic acid groups (broad SMARTS) is 1. The Labute approximate surface area is 178 Å². The van der Waals surface area contributed by atoms with E-state index in [1.165, 1.54) is 89.5 Å². The van der Waals surface area contributed by atoms with Crippen LogP contribution >= 0.6 is 0 Å². The Kier molecular flexibility index (Phi) is 15.1. The van der Waals surface area contributed by atoms with Crippen LogP contribution in [0.2, 0.25) is 0 Å². The van der Waals surface area contributed by atoms with E-state index < -0.39 is 11.9 Å². The fourth-order valence-electron chi connectivity index (χ4n) is 3.94. The van der Waals surface area contributed by atoms with E-state index in [1.54, 1.807) is 0 Å². The monoisotopic (exact) mass is 402 g/mol. The molecule has 29 heavy (non-hydrogen) atoms. The molecule has 0 saturated carbocycles. The molecule has 0 amide bonds. The lowest BCUT2D eigenvalue weighted by Crippen LogP contribution is -2.21. The van der Waals surface area contributed by atoms with Crippen molar-refractivity contribution >= 4 is 11.8 Å². The molecule has 0 aliphatic heterocycles. The van der Waals surface area contributed by atoms with Crippen LogP contribution in [-0.2, 0) is 16.0 Å². The summed E-state index contributed by atoms with van der Waals surface area (Å²) in [5.74, 6) is -1.98. The van der Waals surface area contributed by atoms with E-state index in [4.69, 9.17) is 5.11 Å². The Hall–Kier alpha value is -1.64. The predicted molar refractivity (Wildman–Crippen MR) is 121 cm³/mol. The fraction of sp³-hybridized carbons (Fsp3) is 0.692. The molecule has 0 aliphatic carbocycles. The highest BCUT2D eigenvalue weighted by Gasteiger charge is 2.21. The van der Waals surface area contributed by atoms with E-state index in [-0.39, 0.29) is 5.78 Å². The highest BCUT2D eigenvalue weighted by atomic mass is 16.4. The van der Waals surface area contributed by atoms with Gasteiger partial charge in [-0.05, 0) is 31.7 Å². The number of carbonyl (C=O) groups is 2. The largest absolute Gasteiger partial charge is 0.481 e. The molecule has 0 bridgehead atoms. The van der Waals surface area contributed by atoms with Crippen molar-refractivity contribution in [3.8, 4) is 0 Å². The number of benzene rings is 1. The van der Waals surface area contributed by atoms with Crippen LogP contribution in [0, 0.1) is 5.92 Å². The van der Waals surface area contributed by atoms with E-state index in [0.29, 0.717) is 6.42 Å². The molecular formula is C26H42O3. The molecule has 0 heterocycles. The van der Waals surface area contributed by atoms with Crippen molar-refractivity contribution in [2.24, 2.45) is 5.92 Å². The minimum absolute atomic E-state index is 0.218. The summed E-state index contributed by atoms with van der Waals surface area (Å²) in [6.07, 6.45) is 19.5. The molecule has 1 atom stereocenters. The van der Waals surface area contributed by atoms with Gasteiger partial charge in [-0.25, -0.2) is 0 Å². The van der Waals surface area contributed by atoms with Gasteiger partial charge in [0.25, 0.3) is 0 Å². The molecule has 0 saturated heterocycles. The molecule has 1 rings (SSSR count). The molecule has 1 N–H and O–H groups in total. The summed E-state index contributed by atoms with van der Waals surface area (Å²) in [7, 11) is 0. The summed E-state index contributed by atoms with van der Waals surface area (Å²) in [6.45, 7) is 1.38. The quantitative estimate of drug-likeness (QED) is 0.194. The number of aliphatic carboxylic acids is 1. The Morgan fingerprint density at radius 1 is 0.690 bits per heavy atom. The minimum atomic E-state index is -0.968. The molecule has 0 fully saturated rings. The fourth-order valence-corrected chi connectivity index (χ4v) is 3.94. The van der Waals surface area contributed by atoms with Crippen LogP contribution in [0.25, 0.3) is 0 Å². The van der Waals surface area contributed by atoms with Gasteiger partial charge in [0, 0.05) is 0 Å². The van der Waals surface area contributed by atoms with Gasteiger partial charge < -0.3 is 5.11 Å². The molecule has 1 unspecified atom stereocenters. The second kappa shape index (κ2) is 17.2. The summed E-state index contributed by atoms with van der Waals surface area (Å²) >= 11 is 0. The highest BCUT2D eigenvalue weighted by molar-refractivity contribution is 5.96. The summed E-state index contributed by atoms with van der Waals surface area (Å²) in [6, 6.07) is 10.8. The number of aryl methyl sites for hydroxylation is 1. The minimum Gasteiger partial charge on any atom is -0.481 e. The molecule has 3 heteroatoms. The number of hydrogen-bond donors (Lipinski definition) is 1. The van der Waals surface area contributed by atoms with Crippen LogP contribution in [0.3, 0.4) is 0 Å². The summed E-state index contributed by atoms with van der Waals surface area (Å²) < 4.78 is 0. The number of unbranched alkanes of at least 4 members (excludes halogenated alkanes) is 13. The van der Waals surface area contributed by atoms with Crippen LogP contribution in [0.5, 0.6) is 0 Å². The maximum absolute atomic E-state index is 11.2. The standard InChI is InChI=1S/C26H42O3/c1-23(27)25(26(28)29)22-18-13-11-9-7-5-3-2-4-6-8-10-12-15-19-24-20-16-14-17-21-24/h14,16-17,20-21,25H,2-13,15,18-19,22H2,1H3,(H,28,29). The maximum atomic E-state index is 11.2. The molecule has 3 nitrogen and oxygen atoms in total. The Morgan fingerprint density at radius 2 is 1.10 bits per heavy atom. The van der Waals surface area contributed by atoms with Gasteiger partial charge in [0.15, 0.2) is 0 Å². The van der Waals surface area contributed by atoms with E-state index in [9.17, 15) is 9.59 Å². The summed E-state index contributed by atoms with van der Waals surface area (Å²) in [4.78, 5) is 22.2. The smallest absolute Gasteiger partial charge is 0.314 e. The van der Waals surface area contributed by atoms with Crippen molar-refractivity contribution < 1.29 is 14.7 Å². The summed E-state index contributed by atoms with van der Waals surface area (Å²) in [5, 5.41) is 8.98. The molecule has 0 aliphatic rings. The first-order valence-corrected chi connectivity index (χ1v) is 11.9. The number of hydrogen-bond acceptors (Lipinski definition) is 2. The predicted octanol–water partition coefficient (Wildman–Crippen LogP) is 7.37. The van der Waals surface area contributed by atoms with Crippen molar-refractivity contribution in [2.75, 3.05) is 0 Å². The van der Waals surface area contributed by atoms with E-state index in [0.717, 1.165) is 19.3 Å². The molecule has 164 valence electrons. The zero-order valence-electron chi connectivity index (χ0n) is 18.5. The Bertz CT molecular complexity index is 524. The average Bonchev–Trinajstić information content (AvgIpc) is 2.70. The van der Waals surface area contributed by atoms with Crippen molar-refractivity contribution in [3.05, 3.63) is 35.9 Å². The van der Waals surface area contributed by atoms with Gasteiger partial charge in [0.1, 0.15) is 11.7 Å². The summed E-state index contributed by atoms with van der Waals surface area (Å²) in [5.41, 5.74) is 1.47. The van der Waals surface area contributed by atoms with Gasteiger partial charge in [-0.2, -0.15) is 0 Å². The van der Waals surface area contributed by atoms with E-state index >= 15 is 0 Å². The normalized spacial score (nSPS) is 12.0. The second-order valence-corrected chi connectivity index (χ2v) is 8.48. The molecule has 0 aromatic heterocycles. The molecule has 0 spiro atoms. The number of ketones is 1. The lowest BCUT2D eigenvalue weighted by Gasteiger charge is -2.08. The first-order chi connectivity index (χ1) is 14.1. The molecule has 1 aromatic carbocycles. The third kappa shape index (κ3) is 14.1. The lowest BCUT2D eigenvalue weighted by molar-refractivity contribution is -0.146. The van der Waals surface area contributed by atoms with Crippen LogP contribution < -0.4 is 0 Å². The zero-order chi connectivity index (χ0) is 21.2. The number of Topliss-reactive ketones (excluding diaryl/α,β-unsaturated/α-hetero) is 1. The zero-order valence-corrected chi connectivity index (χ0v) is 18.5. The molecule has 0 radical (unpaired) electrons. The van der Waals surface area contributed by atoms with Gasteiger partial charge in [0.05, 0.1) is 0 Å². The van der Waals surface area contributed by atoms with Crippen molar-refractivity contribution in [1.82, 2.24) is 0 Å². The first-order valence-electron chi connectivity index (χ1n) is 11.9. The van der Waals surface area contributed by atoms with Crippen molar-refractivity contribution in [2.45, 2.75) is 110 Å². The SMILES string of the molecule is CC(=O)C(CCCCCCCCCCCCCCCCc1ccccc1)C(=O)O. The van der Waals surface area contributed by atoms with Gasteiger partial charge >= 0.3 is 5.97 Å². The third-order valence-corrected chi connectivity index (χ3v) is 5.84. The Balaban J connectivity index is 1.78. The molecular weight excluding hydrogens is 360 g/mol. The number of rotatable bonds is 19. The maximum Gasteiger partial charge on any atom is 0.314 e. The average molecular weight is 403 g/mol. The van der Waals surface area contributed by atoms with Crippen molar-refractivity contribution in [3.63, 3.8) is 0 Å². The van der Waals surface area contributed by atoms with Gasteiger partial charge in [-0.15, -0.1) is 0 Å². The van der Waals surface area contributed by atoms with Crippen LogP contribution in [0.4, 0.5) is 0 Å². The van der Waals surface area contributed by atoms with Crippen LogP contribution in [0.15, 0.2) is 30.3 Å². The van der Waals surface area contributed by atoms with E-state index in [1.807, 2.05) is 0 Å². The second-order valence-electron chi connectivity index (χ2n) is 8.48. The van der Waals surface area contributed by atoms with Crippen LogP contribution in [-0.4, -0.2) is 16.9 Å². The van der Waals surface area contributed by atoms with Gasteiger partial charge in [-0.3, -0.25) is 9.59 Å². The molecule has 1 aromatic rings. The van der Waals surface area contributed by atoms with E-state index in [2.05, 4.69) is 30.3 Å². The number of carboxylic acids is 1. The third-order valence-electron chi connectivity index (χ3n) is 5.84. The van der Waals surface area contributed by atoms with Crippen molar-refractivity contribution in [1.29, 1.82) is 0 Å². The highest BCUT2D eigenvalue weighted by Crippen LogP contribution is 2.16. The van der Waals surface area contributed by atoms with Gasteiger partial charge in [0.2, 0.25) is 0 Å². The number of carbonyl (C=O) groups excluding carboxylic acids is 1. The van der Waals surface area contributed by atoms with Crippen LogP contribution in [0.1, 0.15) is 109 Å². The lowest BCUT2D eigenvalue weighted by atomic mass is 9.97. The topological polar surface area (TPSA) is 54.4 Å².